The molecule has 0 rings (SSSR count). The highest BCUT2D eigenvalue weighted by Gasteiger charge is 2.03. The molecule has 1 unspecified atom stereocenters. The lowest BCUT2D eigenvalue weighted by molar-refractivity contribution is 0.726. The van der Waals surface area contributed by atoms with Crippen molar-refractivity contribution in [3.05, 3.63) is 9.47 Å². The zero-order valence-electron chi connectivity index (χ0n) is 6.53. The Morgan fingerprint density at radius 3 is 2.70 bits per heavy atom. The number of unbranched alkanes of at least 4 members (excludes halogenated alkanes) is 1. The topological polar surface area (TPSA) is 0 Å². The molecule has 0 aliphatic rings. The zero-order chi connectivity index (χ0) is 7.98. The molecule has 0 saturated carbocycles. The molecule has 1 atom stereocenters. The molecule has 0 saturated heterocycles. The van der Waals surface area contributed by atoms with Gasteiger partial charge in [0.25, 0.3) is 0 Å². The fourth-order valence-electron chi connectivity index (χ4n) is 0.756. The summed E-state index contributed by atoms with van der Waals surface area (Å²) in [6.07, 6.45) is 4.00. The minimum Gasteiger partial charge on any atom is -0.0654 e. The second-order valence-electron chi connectivity index (χ2n) is 2.54. The van der Waals surface area contributed by atoms with Crippen LogP contribution >= 0.6 is 31.9 Å². The summed E-state index contributed by atoms with van der Waals surface area (Å²) in [4.78, 5) is 1.99. The van der Waals surface area contributed by atoms with Gasteiger partial charge < -0.3 is 0 Å². The first-order valence-electron chi connectivity index (χ1n) is 3.68. The fraction of sp³-hybridized carbons (Fsp3) is 0.714. The molecule has 0 nitrogen and oxygen atoms in total. The Bertz CT molecular complexity index is 112. The van der Waals surface area contributed by atoms with Crippen LogP contribution in [-0.2, 0) is 0 Å². The minimum atomic E-state index is 0.805. The molecule has 3 heteroatoms. The molecule has 0 heterocycles. The van der Waals surface area contributed by atoms with E-state index in [9.17, 15) is 0 Å². The Hall–Kier alpha value is 0.917. The third-order valence-corrected chi connectivity index (χ3v) is 5.73. The number of hydrogen-bond donors (Lipinski definition) is 0. The van der Waals surface area contributed by atoms with E-state index in [1.807, 2.05) is 4.99 Å². The maximum Gasteiger partial charge on any atom is 0.0130 e. The van der Waals surface area contributed by atoms with Gasteiger partial charge in [-0.25, -0.2) is 0 Å². The van der Waals surface area contributed by atoms with Crippen molar-refractivity contribution in [2.45, 2.75) is 31.7 Å². The van der Waals surface area contributed by atoms with Gasteiger partial charge in [-0.15, -0.1) is 0 Å². The highest BCUT2D eigenvalue weighted by Crippen LogP contribution is 2.26. The van der Waals surface area contributed by atoms with Crippen molar-refractivity contribution in [1.82, 2.24) is 0 Å². The SMILES string of the molecule is CCCCC([SiH3])C(Br)=CBr. The van der Waals surface area contributed by atoms with Gasteiger partial charge in [-0.3, -0.25) is 0 Å². The molecule has 0 N–H and O–H groups in total. The Kier molecular flexibility index (Phi) is 7.22. The molecule has 0 radical (unpaired) electrons. The lowest BCUT2D eigenvalue weighted by Crippen LogP contribution is -1.90. The van der Waals surface area contributed by atoms with E-state index in [2.05, 4.69) is 38.8 Å². The van der Waals surface area contributed by atoms with Crippen molar-refractivity contribution in [3.8, 4) is 0 Å². The summed E-state index contributed by atoms with van der Waals surface area (Å²) in [5, 5.41) is 0. The van der Waals surface area contributed by atoms with Crippen LogP contribution in [0.3, 0.4) is 0 Å². The van der Waals surface area contributed by atoms with Crippen molar-refractivity contribution in [2.75, 3.05) is 0 Å². The third-order valence-electron chi connectivity index (χ3n) is 1.57. The van der Waals surface area contributed by atoms with E-state index in [0.29, 0.717) is 0 Å². The van der Waals surface area contributed by atoms with Crippen molar-refractivity contribution in [1.29, 1.82) is 0 Å². The molecule has 10 heavy (non-hydrogen) atoms. The van der Waals surface area contributed by atoms with Crippen LogP contribution in [0.1, 0.15) is 26.2 Å². The summed E-state index contributed by atoms with van der Waals surface area (Å²) in [7, 11) is 1.25. The number of hydrogen-bond acceptors (Lipinski definition) is 0. The van der Waals surface area contributed by atoms with Crippen molar-refractivity contribution in [3.63, 3.8) is 0 Å². The van der Waals surface area contributed by atoms with Gasteiger partial charge in [0.1, 0.15) is 0 Å². The van der Waals surface area contributed by atoms with Crippen LogP contribution in [0.25, 0.3) is 0 Å². The summed E-state index contributed by atoms with van der Waals surface area (Å²) in [6, 6.07) is 0. The predicted molar refractivity (Wildman–Crippen MR) is 59.2 cm³/mol. The Morgan fingerprint density at radius 1 is 1.70 bits per heavy atom. The average molecular weight is 286 g/mol. The maximum absolute atomic E-state index is 3.52. The molecular formula is C7H14Br2Si. The molecule has 0 bridgehead atoms. The quantitative estimate of drug-likeness (QED) is 0.697. The molecule has 60 valence electrons. The van der Waals surface area contributed by atoms with Crippen LogP contribution in [-0.4, -0.2) is 10.2 Å². The van der Waals surface area contributed by atoms with Crippen LogP contribution in [0, 0.1) is 0 Å². The molecular weight excluding hydrogens is 272 g/mol. The van der Waals surface area contributed by atoms with Gasteiger partial charge in [-0.05, 0) is 16.9 Å². The Labute approximate surface area is 83.1 Å². The van der Waals surface area contributed by atoms with Gasteiger partial charge in [0.05, 0.1) is 0 Å². The molecule has 0 aromatic heterocycles. The summed E-state index contributed by atoms with van der Waals surface area (Å²) >= 11 is 6.84. The van der Waals surface area contributed by atoms with Crippen LogP contribution in [0.15, 0.2) is 9.47 Å². The first kappa shape index (κ1) is 10.9. The van der Waals surface area contributed by atoms with Crippen molar-refractivity contribution >= 4 is 42.1 Å². The Morgan fingerprint density at radius 2 is 2.30 bits per heavy atom. The molecule has 0 fully saturated rings. The number of rotatable bonds is 4. The van der Waals surface area contributed by atoms with Gasteiger partial charge in [-0.2, -0.15) is 0 Å². The van der Waals surface area contributed by atoms with E-state index >= 15 is 0 Å². The standard InChI is InChI=1S/C7H14Br2Si/c1-2-3-4-7(10)6(9)5-8/h5,7H,2-4H2,1,10H3. The molecule has 0 amide bonds. The smallest absolute Gasteiger partial charge is 0.0130 e. The zero-order valence-corrected chi connectivity index (χ0v) is 11.7. The van der Waals surface area contributed by atoms with Gasteiger partial charge in [-0.1, -0.05) is 51.6 Å². The van der Waals surface area contributed by atoms with Gasteiger partial charge in [0.2, 0.25) is 0 Å². The molecule has 0 spiro atoms. The van der Waals surface area contributed by atoms with Gasteiger partial charge in [0, 0.05) is 14.7 Å². The summed E-state index contributed by atoms with van der Waals surface area (Å²) in [5.74, 6) is 0. The van der Waals surface area contributed by atoms with Crippen LogP contribution in [0.4, 0.5) is 0 Å². The van der Waals surface area contributed by atoms with Crippen molar-refractivity contribution in [2.24, 2.45) is 0 Å². The van der Waals surface area contributed by atoms with E-state index in [-0.39, 0.29) is 0 Å². The number of allylic oxidation sites excluding steroid dienone is 1. The van der Waals surface area contributed by atoms with E-state index in [0.717, 1.165) is 5.54 Å². The molecule has 0 aromatic rings. The first-order chi connectivity index (χ1) is 4.72. The summed E-state index contributed by atoms with van der Waals surface area (Å²) in [6.45, 7) is 2.24. The molecule has 0 aliphatic carbocycles. The third kappa shape index (κ3) is 4.69. The van der Waals surface area contributed by atoms with Crippen LogP contribution in [0.5, 0.6) is 0 Å². The number of halogens is 2. The Balaban J connectivity index is 3.51. The highest BCUT2D eigenvalue weighted by molar-refractivity contribution is 9.14. The second kappa shape index (κ2) is 6.62. The van der Waals surface area contributed by atoms with Crippen molar-refractivity contribution < 1.29 is 0 Å². The lowest BCUT2D eigenvalue weighted by Gasteiger charge is -2.07. The largest absolute Gasteiger partial charge is 0.0654 e. The normalized spacial score (nSPS) is 15.7. The van der Waals surface area contributed by atoms with Gasteiger partial charge >= 0.3 is 0 Å². The first-order valence-corrected chi connectivity index (χ1v) is 6.54. The average Bonchev–Trinajstić information content (AvgIpc) is 1.98. The monoisotopic (exact) mass is 284 g/mol. The minimum absolute atomic E-state index is 0.805. The van der Waals surface area contributed by atoms with E-state index < -0.39 is 0 Å². The second-order valence-corrected chi connectivity index (χ2v) is 5.30. The summed E-state index contributed by atoms with van der Waals surface area (Å²) in [5.41, 5.74) is 0.805. The van der Waals surface area contributed by atoms with E-state index in [1.54, 1.807) is 0 Å². The van der Waals surface area contributed by atoms with E-state index in [1.165, 1.54) is 34.0 Å². The molecule has 0 aliphatic heterocycles. The van der Waals surface area contributed by atoms with Crippen LogP contribution in [0.2, 0.25) is 5.54 Å². The lowest BCUT2D eigenvalue weighted by atomic mass is 10.2. The van der Waals surface area contributed by atoms with E-state index in [4.69, 9.17) is 0 Å². The summed E-state index contributed by atoms with van der Waals surface area (Å²) < 4.78 is 1.33. The van der Waals surface area contributed by atoms with Crippen LogP contribution < -0.4 is 0 Å². The van der Waals surface area contributed by atoms with Gasteiger partial charge in [0.15, 0.2) is 0 Å². The maximum atomic E-state index is 3.52. The fourth-order valence-corrected chi connectivity index (χ4v) is 2.50. The highest BCUT2D eigenvalue weighted by atomic mass is 79.9. The molecule has 0 aromatic carbocycles. The predicted octanol–water partition coefficient (Wildman–Crippen LogP) is 2.96.